The minimum absolute atomic E-state index is 0. The van der Waals surface area contributed by atoms with E-state index in [0.29, 0.717) is 6.29 Å². The molecule has 35 valence electrons. The summed E-state index contributed by atoms with van der Waals surface area (Å²) in [6, 6.07) is 0. The molecule has 0 fully saturated rings. The minimum Gasteiger partial charge on any atom is -0.389 e. The molecular formula is C2H4AuO2. The van der Waals surface area contributed by atoms with Crippen molar-refractivity contribution in [2.45, 2.75) is 0 Å². The van der Waals surface area contributed by atoms with Crippen LogP contribution in [0.15, 0.2) is 0 Å². The molecule has 2 nitrogen and oxygen atoms in total. The molecule has 0 spiro atoms. The quantitative estimate of drug-likeness (QED) is 0.492. The van der Waals surface area contributed by atoms with E-state index in [9.17, 15) is 0 Å². The predicted molar refractivity (Wildman–Crippen MR) is 13.1 cm³/mol. The Kier molecular flexibility index (Phi) is 16.0. The van der Waals surface area contributed by atoms with Crippen LogP contribution in [0.5, 0.6) is 0 Å². The number of hydrogen-bond donors (Lipinski definition) is 1. The molecule has 0 saturated heterocycles. The Hall–Kier alpha value is 0.370. The zero-order chi connectivity index (χ0) is 3.41. The van der Waals surface area contributed by atoms with Gasteiger partial charge in [0.05, 0.1) is 6.61 Å². The van der Waals surface area contributed by atoms with Crippen molar-refractivity contribution in [2.75, 3.05) is 6.61 Å². The molecule has 0 aromatic rings. The van der Waals surface area contributed by atoms with Gasteiger partial charge in [-0.05, 0) is 0 Å². The third kappa shape index (κ3) is 13.1. The van der Waals surface area contributed by atoms with Gasteiger partial charge in [0.1, 0.15) is 6.29 Å². The number of aliphatic hydroxyl groups is 1. The Morgan fingerprint density at radius 2 is 2.00 bits per heavy atom. The molecule has 0 aromatic heterocycles. The van der Waals surface area contributed by atoms with Crippen LogP contribution >= 0.6 is 0 Å². The van der Waals surface area contributed by atoms with Gasteiger partial charge < -0.3 is 9.90 Å². The molecule has 0 amide bonds. The molecule has 1 N–H and O–H groups in total. The first-order chi connectivity index (χ1) is 1.91. The summed E-state index contributed by atoms with van der Waals surface area (Å²) in [7, 11) is 0. The second kappa shape index (κ2) is 8.84. The molecule has 0 atom stereocenters. The van der Waals surface area contributed by atoms with E-state index in [2.05, 4.69) is 0 Å². The van der Waals surface area contributed by atoms with Gasteiger partial charge in [-0.2, -0.15) is 0 Å². The molecule has 0 rings (SSSR count). The number of hydrogen-bond acceptors (Lipinski definition) is 2. The van der Waals surface area contributed by atoms with Crippen molar-refractivity contribution >= 4 is 6.29 Å². The van der Waals surface area contributed by atoms with E-state index in [1.165, 1.54) is 0 Å². The van der Waals surface area contributed by atoms with E-state index in [0.717, 1.165) is 0 Å². The van der Waals surface area contributed by atoms with Crippen molar-refractivity contribution in [2.24, 2.45) is 0 Å². The molecule has 0 aromatic carbocycles. The Bertz CT molecular complexity index is 21.6. The van der Waals surface area contributed by atoms with Gasteiger partial charge in [0.25, 0.3) is 0 Å². The molecule has 0 unspecified atom stereocenters. The molecule has 0 aliphatic carbocycles. The fourth-order valence-electron chi connectivity index (χ4n) is 0. The van der Waals surface area contributed by atoms with Crippen LogP contribution in [0, 0.1) is 0 Å². The van der Waals surface area contributed by atoms with Crippen LogP contribution in [0.4, 0.5) is 0 Å². The average Bonchev–Trinajstić information content (AvgIpc) is 1.37. The minimum atomic E-state index is -0.361. The van der Waals surface area contributed by atoms with Gasteiger partial charge in [-0.1, -0.05) is 0 Å². The Morgan fingerprint density at radius 3 is 2.00 bits per heavy atom. The van der Waals surface area contributed by atoms with Crippen LogP contribution in [-0.4, -0.2) is 18.0 Å². The van der Waals surface area contributed by atoms with Crippen molar-refractivity contribution in [3.8, 4) is 0 Å². The number of rotatable bonds is 1. The first-order valence-corrected chi connectivity index (χ1v) is 0.960. The third-order valence-corrected chi connectivity index (χ3v) is 0.0745. The molecule has 0 aliphatic heterocycles. The van der Waals surface area contributed by atoms with Crippen LogP contribution in [0.2, 0.25) is 0 Å². The summed E-state index contributed by atoms with van der Waals surface area (Å²) in [5.41, 5.74) is 0. The fraction of sp³-hybridized carbons (Fsp3) is 0.500. The molecule has 3 heteroatoms. The van der Waals surface area contributed by atoms with Crippen LogP contribution in [0.25, 0.3) is 0 Å². The van der Waals surface area contributed by atoms with E-state index < -0.39 is 0 Å². The van der Waals surface area contributed by atoms with Crippen LogP contribution in [0.1, 0.15) is 0 Å². The predicted octanol–water partition coefficient (Wildman–Crippen LogP) is -0.825. The Labute approximate surface area is 45.7 Å². The van der Waals surface area contributed by atoms with Crippen LogP contribution < -0.4 is 0 Å². The fourth-order valence-corrected chi connectivity index (χ4v) is 0. The molecule has 0 saturated carbocycles. The van der Waals surface area contributed by atoms with E-state index in [-0.39, 0.29) is 29.0 Å². The van der Waals surface area contributed by atoms with Crippen molar-refractivity contribution in [1.82, 2.24) is 0 Å². The molecule has 0 bridgehead atoms. The van der Waals surface area contributed by atoms with Crippen LogP contribution in [0.3, 0.4) is 0 Å². The Morgan fingerprint density at radius 1 is 1.80 bits per heavy atom. The monoisotopic (exact) mass is 257 g/mol. The second-order valence-corrected chi connectivity index (χ2v) is 0.349. The maximum absolute atomic E-state index is 8.92. The normalized spacial score (nSPS) is 5.00. The first kappa shape index (κ1) is 9.03. The second-order valence-electron chi connectivity index (χ2n) is 0.349. The van der Waals surface area contributed by atoms with E-state index in [4.69, 9.17) is 9.90 Å². The summed E-state index contributed by atoms with van der Waals surface area (Å²) in [6.45, 7) is -0.361. The number of aliphatic hydroxyl groups excluding tert-OH is 1. The van der Waals surface area contributed by atoms with E-state index >= 15 is 0 Å². The van der Waals surface area contributed by atoms with Crippen molar-refractivity contribution in [3.63, 3.8) is 0 Å². The summed E-state index contributed by atoms with van der Waals surface area (Å²) in [5.74, 6) is 0. The van der Waals surface area contributed by atoms with Gasteiger partial charge in [0, 0.05) is 22.4 Å². The van der Waals surface area contributed by atoms with Crippen molar-refractivity contribution in [3.05, 3.63) is 0 Å². The summed E-state index contributed by atoms with van der Waals surface area (Å²) in [5, 5.41) is 7.51. The number of aldehydes is 1. The SMILES string of the molecule is O=CCO.[Au]. The first-order valence-electron chi connectivity index (χ1n) is 0.960. The van der Waals surface area contributed by atoms with Crippen molar-refractivity contribution < 1.29 is 32.3 Å². The van der Waals surface area contributed by atoms with Gasteiger partial charge >= 0.3 is 0 Å². The standard InChI is InChI=1S/C2H4O2.Au/c3-1-2-4;/h1,4H,2H2;. The van der Waals surface area contributed by atoms with Gasteiger partial charge in [-0.15, -0.1) is 0 Å². The van der Waals surface area contributed by atoms with Crippen LogP contribution in [-0.2, 0) is 27.2 Å². The summed E-state index contributed by atoms with van der Waals surface area (Å²) < 4.78 is 0. The largest absolute Gasteiger partial charge is 0.389 e. The number of carbonyl (C=O) groups is 1. The zero-order valence-electron chi connectivity index (χ0n) is 2.44. The maximum Gasteiger partial charge on any atom is 0.145 e. The summed E-state index contributed by atoms with van der Waals surface area (Å²) in [4.78, 5) is 8.92. The topological polar surface area (TPSA) is 37.3 Å². The molecule has 5 heavy (non-hydrogen) atoms. The van der Waals surface area contributed by atoms with E-state index in [1.807, 2.05) is 0 Å². The van der Waals surface area contributed by atoms with Gasteiger partial charge in [-0.3, -0.25) is 0 Å². The molecule has 0 heterocycles. The van der Waals surface area contributed by atoms with Gasteiger partial charge in [0.15, 0.2) is 0 Å². The molecule has 0 aliphatic rings. The molecule has 1 radical (unpaired) electrons. The molecular weight excluding hydrogens is 253 g/mol. The average molecular weight is 257 g/mol. The summed E-state index contributed by atoms with van der Waals surface area (Å²) in [6.07, 6.45) is 0.431. The Balaban J connectivity index is 0. The zero-order valence-corrected chi connectivity index (χ0v) is 4.61. The van der Waals surface area contributed by atoms with Gasteiger partial charge in [0.2, 0.25) is 0 Å². The smallest absolute Gasteiger partial charge is 0.145 e. The summed E-state index contributed by atoms with van der Waals surface area (Å²) >= 11 is 0. The van der Waals surface area contributed by atoms with Gasteiger partial charge in [-0.25, -0.2) is 0 Å². The van der Waals surface area contributed by atoms with E-state index in [1.54, 1.807) is 0 Å². The third-order valence-electron chi connectivity index (χ3n) is 0.0745. The maximum atomic E-state index is 8.92. The van der Waals surface area contributed by atoms with Crippen molar-refractivity contribution in [1.29, 1.82) is 0 Å². The number of carbonyl (C=O) groups excluding carboxylic acids is 1.